The fourth-order valence-electron chi connectivity index (χ4n) is 3.35. The summed E-state index contributed by atoms with van der Waals surface area (Å²) in [6.07, 6.45) is 0.637. The number of hydrogen-bond donors (Lipinski definition) is 2. The van der Waals surface area contributed by atoms with Gasteiger partial charge in [-0.3, -0.25) is 10.4 Å². The molecule has 2 N–H and O–H groups in total. The number of amides is 2. The van der Waals surface area contributed by atoms with E-state index in [0.29, 0.717) is 44.4 Å². The van der Waals surface area contributed by atoms with Crippen LogP contribution in [0.4, 0.5) is 16.7 Å². The Morgan fingerprint density at radius 2 is 1.72 bits per heavy atom. The predicted octanol–water partition coefficient (Wildman–Crippen LogP) is 2.16. The summed E-state index contributed by atoms with van der Waals surface area (Å²) in [5.74, 6) is 1.73. The van der Waals surface area contributed by atoms with E-state index in [0.717, 1.165) is 22.9 Å². The molecule has 3 aromatic rings. The molecule has 0 radical (unpaired) electrons. The molecule has 1 fully saturated rings. The fraction of sp³-hybridized carbons (Fsp3) is 0.350. The Bertz CT molecular complexity index is 959. The third-order valence-electron chi connectivity index (χ3n) is 4.79. The van der Waals surface area contributed by atoms with Gasteiger partial charge in [0.25, 0.3) is 0 Å². The molecule has 3 heterocycles. The molecule has 0 saturated carbocycles. The van der Waals surface area contributed by atoms with Gasteiger partial charge in [0.1, 0.15) is 5.82 Å². The smallest absolute Gasteiger partial charge is 0.324 e. The van der Waals surface area contributed by atoms with Crippen molar-refractivity contribution in [3.05, 3.63) is 59.2 Å². The molecule has 1 aliphatic rings. The van der Waals surface area contributed by atoms with Gasteiger partial charge in [0.05, 0.1) is 0 Å². The molecule has 9 heteroatoms. The number of hydrogen-bond acceptors (Lipinski definition) is 6. The molecule has 9 nitrogen and oxygen atoms in total. The molecule has 2 amide bonds. The van der Waals surface area contributed by atoms with E-state index in [4.69, 9.17) is 0 Å². The Morgan fingerprint density at radius 1 is 1.03 bits per heavy atom. The standard InChI is InChI=1S/C20H24N8O/c1-14-12-15(2)22-19(21-14)27-8-10-28(11-9-27)20(29)24-18-23-17(25-26-18)13-16-6-4-3-5-7-16/h3-7,12H,8-11,13H2,1-2H3,(H2,23,24,25,26,29). The molecular formula is C20H24N8O. The van der Waals surface area contributed by atoms with Crippen molar-refractivity contribution in [2.24, 2.45) is 0 Å². The molecule has 1 saturated heterocycles. The molecular weight excluding hydrogens is 368 g/mol. The lowest BCUT2D eigenvalue weighted by atomic mass is 10.1. The van der Waals surface area contributed by atoms with E-state index in [9.17, 15) is 4.79 Å². The number of aryl methyl sites for hydroxylation is 2. The van der Waals surface area contributed by atoms with Gasteiger partial charge < -0.3 is 9.80 Å². The summed E-state index contributed by atoms with van der Waals surface area (Å²) in [5.41, 5.74) is 3.03. The Morgan fingerprint density at radius 3 is 2.41 bits per heavy atom. The fourth-order valence-corrected chi connectivity index (χ4v) is 3.35. The summed E-state index contributed by atoms with van der Waals surface area (Å²) in [4.78, 5) is 29.8. The van der Waals surface area contributed by atoms with E-state index >= 15 is 0 Å². The first-order valence-electron chi connectivity index (χ1n) is 9.65. The number of aromatic amines is 1. The van der Waals surface area contributed by atoms with Crippen LogP contribution in [0.25, 0.3) is 0 Å². The lowest BCUT2D eigenvalue weighted by molar-refractivity contribution is 0.207. The van der Waals surface area contributed by atoms with Crippen LogP contribution in [0.2, 0.25) is 0 Å². The lowest BCUT2D eigenvalue weighted by Gasteiger charge is -2.34. The van der Waals surface area contributed by atoms with Crippen LogP contribution in [0.5, 0.6) is 0 Å². The molecule has 0 bridgehead atoms. The number of benzene rings is 1. The highest BCUT2D eigenvalue weighted by Crippen LogP contribution is 2.14. The van der Waals surface area contributed by atoms with Gasteiger partial charge in [-0.2, -0.15) is 4.98 Å². The van der Waals surface area contributed by atoms with E-state index in [2.05, 4.69) is 35.4 Å². The van der Waals surface area contributed by atoms with Gasteiger partial charge in [0, 0.05) is 44.0 Å². The second kappa shape index (κ2) is 8.26. The number of carbonyl (C=O) groups is 1. The second-order valence-electron chi connectivity index (χ2n) is 7.12. The summed E-state index contributed by atoms with van der Waals surface area (Å²) in [5, 5.41) is 9.76. The predicted molar refractivity (Wildman–Crippen MR) is 110 cm³/mol. The lowest BCUT2D eigenvalue weighted by Crippen LogP contribution is -2.50. The van der Waals surface area contributed by atoms with Crippen molar-refractivity contribution in [1.82, 2.24) is 30.0 Å². The van der Waals surface area contributed by atoms with Crippen LogP contribution in [0, 0.1) is 13.8 Å². The van der Waals surface area contributed by atoms with Crippen molar-refractivity contribution in [2.75, 3.05) is 36.4 Å². The summed E-state index contributed by atoms with van der Waals surface area (Å²) in [6.45, 7) is 6.47. The molecule has 1 aliphatic heterocycles. The van der Waals surface area contributed by atoms with E-state index in [1.54, 1.807) is 4.90 Å². The maximum absolute atomic E-state index is 12.6. The summed E-state index contributed by atoms with van der Waals surface area (Å²) in [6, 6.07) is 11.8. The van der Waals surface area contributed by atoms with Gasteiger partial charge in [-0.05, 0) is 25.5 Å². The Balaban J connectivity index is 1.31. The summed E-state index contributed by atoms with van der Waals surface area (Å²) >= 11 is 0. The van der Waals surface area contributed by atoms with Crippen molar-refractivity contribution in [3.8, 4) is 0 Å². The third-order valence-corrected chi connectivity index (χ3v) is 4.79. The third kappa shape index (κ3) is 4.68. The summed E-state index contributed by atoms with van der Waals surface area (Å²) in [7, 11) is 0. The highest BCUT2D eigenvalue weighted by Gasteiger charge is 2.23. The van der Waals surface area contributed by atoms with Crippen molar-refractivity contribution in [1.29, 1.82) is 0 Å². The number of piperazine rings is 1. The van der Waals surface area contributed by atoms with Crippen LogP contribution in [-0.2, 0) is 6.42 Å². The zero-order valence-corrected chi connectivity index (χ0v) is 16.6. The molecule has 2 aromatic heterocycles. The maximum Gasteiger partial charge on any atom is 0.324 e. The SMILES string of the molecule is Cc1cc(C)nc(N2CCN(C(=O)Nc3n[nH]c(Cc4ccccc4)n3)CC2)n1. The van der Waals surface area contributed by atoms with E-state index in [1.807, 2.05) is 50.2 Å². The number of urea groups is 1. The number of H-pyrrole nitrogens is 1. The van der Waals surface area contributed by atoms with Gasteiger partial charge in [0.15, 0.2) is 0 Å². The van der Waals surface area contributed by atoms with E-state index in [-0.39, 0.29) is 6.03 Å². The van der Waals surface area contributed by atoms with Crippen LogP contribution < -0.4 is 10.2 Å². The zero-order chi connectivity index (χ0) is 20.2. The van der Waals surface area contributed by atoms with Crippen LogP contribution in [0.3, 0.4) is 0 Å². The highest BCUT2D eigenvalue weighted by molar-refractivity contribution is 5.87. The molecule has 4 rings (SSSR count). The van der Waals surface area contributed by atoms with Gasteiger partial charge in [-0.15, -0.1) is 5.10 Å². The van der Waals surface area contributed by atoms with Crippen LogP contribution >= 0.6 is 0 Å². The minimum atomic E-state index is -0.198. The number of nitrogens with one attached hydrogen (secondary N) is 2. The first-order chi connectivity index (χ1) is 14.1. The normalized spacial score (nSPS) is 14.1. The molecule has 0 aliphatic carbocycles. The van der Waals surface area contributed by atoms with E-state index < -0.39 is 0 Å². The Labute approximate surface area is 169 Å². The van der Waals surface area contributed by atoms with E-state index in [1.165, 1.54) is 0 Å². The number of anilines is 2. The zero-order valence-electron chi connectivity index (χ0n) is 16.6. The first kappa shape index (κ1) is 18.9. The Kier molecular flexibility index (Phi) is 5.37. The van der Waals surface area contributed by atoms with Crippen LogP contribution in [0.1, 0.15) is 22.8 Å². The summed E-state index contributed by atoms with van der Waals surface area (Å²) < 4.78 is 0. The largest absolute Gasteiger partial charge is 0.337 e. The van der Waals surface area contributed by atoms with Crippen molar-refractivity contribution < 1.29 is 4.79 Å². The van der Waals surface area contributed by atoms with Gasteiger partial charge in [-0.1, -0.05) is 30.3 Å². The minimum Gasteiger partial charge on any atom is -0.337 e. The van der Waals surface area contributed by atoms with Crippen LogP contribution in [0.15, 0.2) is 36.4 Å². The second-order valence-corrected chi connectivity index (χ2v) is 7.12. The van der Waals surface area contributed by atoms with Gasteiger partial charge >= 0.3 is 6.03 Å². The molecule has 0 unspecified atom stereocenters. The van der Waals surface area contributed by atoms with Gasteiger partial charge in [-0.25, -0.2) is 14.8 Å². The average Bonchev–Trinajstić information content (AvgIpc) is 3.15. The number of carbonyl (C=O) groups excluding carboxylic acids is 1. The van der Waals surface area contributed by atoms with Crippen LogP contribution in [-0.4, -0.2) is 62.3 Å². The van der Waals surface area contributed by atoms with Crippen molar-refractivity contribution in [2.45, 2.75) is 20.3 Å². The van der Waals surface area contributed by atoms with Crippen molar-refractivity contribution in [3.63, 3.8) is 0 Å². The topological polar surface area (TPSA) is 103 Å². The molecule has 0 spiro atoms. The van der Waals surface area contributed by atoms with Crippen molar-refractivity contribution >= 4 is 17.9 Å². The van der Waals surface area contributed by atoms with Gasteiger partial charge in [0.2, 0.25) is 11.9 Å². The number of aromatic nitrogens is 5. The maximum atomic E-state index is 12.6. The molecule has 150 valence electrons. The first-order valence-corrected chi connectivity index (χ1v) is 9.65. The minimum absolute atomic E-state index is 0.198. The molecule has 0 atom stereocenters. The number of nitrogens with zero attached hydrogens (tertiary/aromatic N) is 6. The molecule has 29 heavy (non-hydrogen) atoms. The monoisotopic (exact) mass is 392 g/mol. The quantitative estimate of drug-likeness (QED) is 0.705. The number of rotatable bonds is 4. The Hall–Kier alpha value is -3.49. The molecule has 1 aromatic carbocycles. The average molecular weight is 392 g/mol. The highest BCUT2D eigenvalue weighted by atomic mass is 16.2.